The van der Waals surface area contributed by atoms with Crippen molar-refractivity contribution < 1.29 is 23.8 Å². The Bertz CT molecular complexity index is 820. The van der Waals surface area contributed by atoms with E-state index in [1.165, 1.54) is 0 Å². The first-order valence-electron chi connectivity index (χ1n) is 9.10. The summed E-state index contributed by atoms with van der Waals surface area (Å²) in [6.07, 6.45) is 2.35. The molecular formula is C21H23NO5S. The summed E-state index contributed by atoms with van der Waals surface area (Å²) in [7, 11) is 1.55. The minimum absolute atomic E-state index is 0.225. The van der Waals surface area contributed by atoms with E-state index in [-0.39, 0.29) is 12.7 Å². The van der Waals surface area contributed by atoms with Gasteiger partial charge in [0.25, 0.3) is 5.91 Å². The number of methoxy groups -OCH3 is 1. The van der Waals surface area contributed by atoms with Gasteiger partial charge in [0.15, 0.2) is 6.61 Å². The van der Waals surface area contributed by atoms with E-state index in [2.05, 4.69) is 5.32 Å². The molecule has 1 fully saturated rings. The van der Waals surface area contributed by atoms with Gasteiger partial charge in [0.1, 0.15) is 5.75 Å². The third kappa shape index (κ3) is 5.74. The van der Waals surface area contributed by atoms with Crippen molar-refractivity contribution >= 4 is 29.3 Å². The maximum Gasteiger partial charge on any atom is 0.339 e. The molecule has 0 saturated carbocycles. The van der Waals surface area contributed by atoms with Crippen molar-refractivity contribution in [3.63, 3.8) is 0 Å². The van der Waals surface area contributed by atoms with Crippen molar-refractivity contribution in [3.8, 4) is 5.75 Å². The summed E-state index contributed by atoms with van der Waals surface area (Å²) in [5.41, 5.74) is 1.03. The molecule has 1 aliphatic heterocycles. The van der Waals surface area contributed by atoms with Gasteiger partial charge >= 0.3 is 5.97 Å². The number of ether oxygens (including phenoxy) is 3. The summed E-state index contributed by atoms with van der Waals surface area (Å²) in [5, 5.41) is 2.68. The van der Waals surface area contributed by atoms with Gasteiger partial charge in [0, 0.05) is 29.0 Å². The van der Waals surface area contributed by atoms with E-state index in [9.17, 15) is 9.59 Å². The van der Waals surface area contributed by atoms with E-state index in [0.29, 0.717) is 17.0 Å². The van der Waals surface area contributed by atoms with Gasteiger partial charge in [-0.1, -0.05) is 18.2 Å². The van der Waals surface area contributed by atoms with Crippen LogP contribution in [-0.2, 0) is 14.3 Å². The summed E-state index contributed by atoms with van der Waals surface area (Å²) in [6.45, 7) is 0.443. The molecule has 1 aliphatic rings. The zero-order valence-electron chi connectivity index (χ0n) is 15.7. The van der Waals surface area contributed by atoms with E-state index in [1.807, 2.05) is 12.1 Å². The number of thioether (sulfide) groups is 1. The Morgan fingerprint density at radius 3 is 2.86 bits per heavy atom. The smallest absolute Gasteiger partial charge is 0.339 e. The lowest BCUT2D eigenvalue weighted by atomic mass is 10.2. The van der Waals surface area contributed by atoms with Crippen LogP contribution in [0.25, 0.3) is 0 Å². The van der Waals surface area contributed by atoms with Crippen molar-refractivity contribution in [3.05, 3.63) is 54.1 Å². The van der Waals surface area contributed by atoms with Gasteiger partial charge in [0.2, 0.25) is 0 Å². The number of benzene rings is 2. The van der Waals surface area contributed by atoms with Crippen LogP contribution in [0.5, 0.6) is 5.75 Å². The number of hydrogen-bond donors (Lipinski definition) is 1. The molecule has 3 rings (SSSR count). The SMILES string of the molecule is COc1cccc(NC(=O)COC(=O)c2ccccc2SC[C@H]2CCCO2)c1. The van der Waals surface area contributed by atoms with Crippen molar-refractivity contribution in [2.75, 3.05) is 31.4 Å². The van der Waals surface area contributed by atoms with Crippen molar-refractivity contribution in [2.24, 2.45) is 0 Å². The van der Waals surface area contributed by atoms with Gasteiger partial charge in [-0.05, 0) is 37.1 Å². The average molecular weight is 401 g/mol. The fourth-order valence-corrected chi connectivity index (χ4v) is 3.94. The number of rotatable bonds is 8. The van der Waals surface area contributed by atoms with Gasteiger partial charge in [-0.3, -0.25) is 4.79 Å². The number of esters is 1. The molecule has 2 aromatic rings. The normalized spacial score (nSPS) is 15.8. The highest BCUT2D eigenvalue weighted by Crippen LogP contribution is 2.27. The second kappa shape index (κ2) is 10.1. The highest BCUT2D eigenvalue weighted by atomic mass is 32.2. The molecule has 2 aromatic carbocycles. The summed E-state index contributed by atoms with van der Waals surface area (Å²) < 4.78 is 16.0. The Labute approximate surface area is 168 Å². The fourth-order valence-electron chi connectivity index (χ4n) is 2.83. The maximum atomic E-state index is 12.5. The van der Waals surface area contributed by atoms with Gasteiger partial charge in [0.05, 0.1) is 18.8 Å². The Hall–Kier alpha value is -2.51. The molecule has 1 N–H and O–H groups in total. The van der Waals surface area contributed by atoms with Gasteiger partial charge < -0.3 is 19.5 Å². The molecule has 28 heavy (non-hydrogen) atoms. The average Bonchev–Trinajstić information content (AvgIpc) is 3.24. The maximum absolute atomic E-state index is 12.5. The van der Waals surface area contributed by atoms with Crippen LogP contribution in [0.2, 0.25) is 0 Å². The summed E-state index contributed by atoms with van der Waals surface area (Å²) in [6, 6.07) is 14.2. The van der Waals surface area contributed by atoms with E-state index >= 15 is 0 Å². The third-order valence-electron chi connectivity index (χ3n) is 4.24. The summed E-state index contributed by atoms with van der Waals surface area (Å²) in [4.78, 5) is 25.4. The summed E-state index contributed by atoms with van der Waals surface area (Å²) >= 11 is 1.57. The van der Waals surface area contributed by atoms with E-state index in [4.69, 9.17) is 14.2 Å². The fraction of sp³-hybridized carbons (Fsp3) is 0.333. The lowest BCUT2D eigenvalue weighted by molar-refractivity contribution is -0.119. The molecule has 0 aliphatic carbocycles. The first kappa shape index (κ1) is 20.2. The second-order valence-corrected chi connectivity index (χ2v) is 7.36. The Balaban J connectivity index is 1.53. The van der Waals surface area contributed by atoms with E-state index in [1.54, 1.807) is 55.3 Å². The number of hydrogen-bond acceptors (Lipinski definition) is 6. The Morgan fingerprint density at radius 1 is 1.21 bits per heavy atom. The zero-order chi connectivity index (χ0) is 19.8. The molecule has 148 valence electrons. The number of anilines is 1. The van der Waals surface area contributed by atoms with Crippen LogP contribution in [0, 0.1) is 0 Å². The van der Waals surface area contributed by atoms with Crippen LogP contribution in [-0.4, -0.2) is 44.1 Å². The predicted molar refractivity (Wildman–Crippen MR) is 108 cm³/mol. The molecule has 1 atom stereocenters. The van der Waals surface area contributed by atoms with Crippen molar-refractivity contribution in [2.45, 2.75) is 23.8 Å². The number of amides is 1. The lowest BCUT2D eigenvalue weighted by Gasteiger charge is -2.12. The zero-order valence-corrected chi connectivity index (χ0v) is 16.5. The van der Waals surface area contributed by atoms with E-state index in [0.717, 1.165) is 30.1 Å². The predicted octanol–water partition coefficient (Wildman–Crippen LogP) is 3.76. The minimum Gasteiger partial charge on any atom is -0.497 e. The molecule has 7 heteroatoms. The third-order valence-corrected chi connectivity index (χ3v) is 5.45. The Kier molecular flexibility index (Phi) is 7.33. The molecule has 6 nitrogen and oxygen atoms in total. The van der Waals surface area contributed by atoms with Crippen LogP contribution in [0.3, 0.4) is 0 Å². The first-order valence-corrected chi connectivity index (χ1v) is 10.1. The first-order chi connectivity index (χ1) is 13.7. The van der Waals surface area contributed by atoms with Gasteiger partial charge in [-0.15, -0.1) is 11.8 Å². The number of nitrogens with one attached hydrogen (secondary N) is 1. The van der Waals surface area contributed by atoms with Crippen LogP contribution < -0.4 is 10.1 Å². The molecule has 1 heterocycles. The van der Waals surface area contributed by atoms with Crippen molar-refractivity contribution in [1.82, 2.24) is 0 Å². The van der Waals surface area contributed by atoms with Crippen molar-refractivity contribution in [1.29, 1.82) is 0 Å². The molecule has 0 spiro atoms. The van der Waals surface area contributed by atoms with Crippen LogP contribution in [0.4, 0.5) is 5.69 Å². The molecule has 0 bridgehead atoms. The minimum atomic E-state index is -0.517. The van der Waals surface area contributed by atoms with Gasteiger partial charge in [-0.25, -0.2) is 4.79 Å². The quantitative estimate of drug-likeness (QED) is 0.536. The second-order valence-electron chi connectivity index (χ2n) is 6.30. The highest BCUT2D eigenvalue weighted by molar-refractivity contribution is 7.99. The van der Waals surface area contributed by atoms with E-state index < -0.39 is 11.9 Å². The van der Waals surface area contributed by atoms with Crippen LogP contribution in [0.15, 0.2) is 53.4 Å². The highest BCUT2D eigenvalue weighted by Gasteiger charge is 2.19. The molecular weight excluding hydrogens is 378 g/mol. The molecule has 1 amide bonds. The standard InChI is InChI=1S/C21H23NO5S/c1-25-16-7-4-6-15(12-16)22-20(23)13-27-21(24)18-9-2-3-10-19(18)28-14-17-8-5-11-26-17/h2-4,6-7,9-10,12,17H,5,8,11,13-14H2,1H3,(H,22,23)/t17-/m1/s1. The molecule has 0 unspecified atom stereocenters. The molecule has 0 radical (unpaired) electrons. The largest absolute Gasteiger partial charge is 0.497 e. The Morgan fingerprint density at radius 2 is 2.07 bits per heavy atom. The monoisotopic (exact) mass is 401 g/mol. The topological polar surface area (TPSA) is 73.9 Å². The molecule has 1 saturated heterocycles. The van der Waals surface area contributed by atoms with Crippen LogP contribution in [0.1, 0.15) is 23.2 Å². The number of carbonyl (C=O) groups excluding carboxylic acids is 2. The number of carbonyl (C=O) groups is 2. The summed E-state index contributed by atoms with van der Waals surface area (Å²) in [5.74, 6) is 0.495. The lowest BCUT2D eigenvalue weighted by Crippen LogP contribution is -2.21. The van der Waals surface area contributed by atoms with Crippen LogP contribution >= 0.6 is 11.8 Å². The molecule has 0 aromatic heterocycles. The van der Waals surface area contributed by atoms with Gasteiger partial charge in [-0.2, -0.15) is 0 Å².